The summed E-state index contributed by atoms with van der Waals surface area (Å²) in [6, 6.07) is 15.1. The zero-order valence-corrected chi connectivity index (χ0v) is 13.9. The van der Waals surface area contributed by atoms with Crippen molar-refractivity contribution in [1.29, 1.82) is 0 Å². The van der Waals surface area contributed by atoms with Crippen LogP contribution >= 0.6 is 0 Å². The van der Waals surface area contributed by atoms with Gasteiger partial charge in [0.25, 0.3) is 0 Å². The average Bonchev–Trinajstić information content (AvgIpc) is 3.11. The van der Waals surface area contributed by atoms with Crippen molar-refractivity contribution < 1.29 is 14.0 Å². The largest absolute Gasteiger partial charge is 0.273 e. The molecule has 0 saturated carbocycles. The molecule has 0 aliphatic carbocycles. The van der Waals surface area contributed by atoms with Crippen LogP contribution in [0.15, 0.2) is 67.0 Å². The maximum Gasteiger partial charge on any atom is 0.242 e. The van der Waals surface area contributed by atoms with E-state index >= 15 is 0 Å². The second-order valence-corrected chi connectivity index (χ2v) is 5.71. The third kappa shape index (κ3) is 4.76. The Labute approximate surface area is 149 Å². The number of carbonyl (C=O) groups excluding carboxylic acids is 2. The van der Waals surface area contributed by atoms with Crippen molar-refractivity contribution in [1.82, 2.24) is 20.6 Å². The summed E-state index contributed by atoms with van der Waals surface area (Å²) in [7, 11) is 0. The maximum atomic E-state index is 12.8. The normalized spacial score (nSPS) is 10.3. The van der Waals surface area contributed by atoms with Crippen LogP contribution in [0, 0.1) is 5.82 Å². The van der Waals surface area contributed by atoms with Crippen molar-refractivity contribution in [2.45, 2.75) is 12.8 Å². The summed E-state index contributed by atoms with van der Waals surface area (Å²) in [5.74, 6) is -1.10. The predicted molar refractivity (Wildman–Crippen MR) is 93.7 cm³/mol. The van der Waals surface area contributed by atoms with Gasteiger partial charge in [-0.05, 0) is 35.4 Å². The van der Waals surface area contributed by atoms with Gasteiger partial charge in [0.15, 0.2) is 0 Å². The minimum absolute atomic E-state index is 0.0481. The lowest BCUT2D eigenvalue weighted by molar-refractivity contribution is -0.128. The Balaban J connectivity index is 1.47. The molecule has 0 radical (unpaired) electrons. The molecule has 0 saturated heterocycles. The second-order valence-electron chi connectivity index (χ2n) is 5.71. The van der Waals surface area contributed by atoms with Crippen molar-refractivity contribution in [3.8, 4) is 5.69 Å². The van der Waals surface area contributed by atoms with Gasteiger partial charge in [0, 0.05) is 6.20 Å². The van der Waals surface area contributed by atoms with E-state index in [4.69, 9.17) is 0 Å². The molecule has 3 rings (SSSR count). The Hall–Kier alpha value is -3.48. The number of carbonyl (C=O) groups is 2. The standard InChI is InChI=1S/C19H17FN4O2/c20-16-8-6-14(7-9-16)10-18(25)22-23-19(26)11-15-12-21-24(13-15)17-4-2-1-3-5-17/h1-9,12-13H,10-11H2,(H,22,25)(H,23,26). The van der Waals surface area contributed by atoms with E-state index < -0.39 is 0 Å². The van der Waals surface area contributed by atoms with Gasteiger partial charge in [0.05, 0.1) is 24.7 Å². The molecule has 0 spiro atoms. The highest BCUT2D eigenvalue weighted by atomic mass is 19.1. The molecule has 6 nitrogen and oxygen atoms in total. The van der Waals surface area contributed by atoms with Gasteiger partial charge in [-0.3, -0.25) is 20.4 Å². The Morgan fingerprint density at radius 1 is 0.885 bits per heavy atom. The van der Waals surface area contributed by atoms with Crippen LogP contribution in [0.5, 0.6) is 0 Å². The lowest BCUT2D eigenvalue weighted by Crippen LogP contribution is -2.43. The smallest absolute Gasteiger partial charge is 0.242 e. The van der Waals surface area contributed by atoms with E-state index in [0.717, 1.165) is 11.3 Å². The highest BCUT2D eigenvalue weighted by Crippen LogP contribution is 2.08. The molecule has 1 aromatic heterocycles. The maximum absolute atomic E-state index is 12.8. The van der Waals surface area contributed by atoms with E-state index in [9.17, 15) is 14.0 Å². The van der Waals surface area contributed by atoms with Crippen molar-refractivity contribution in [2.75, 3.05) is 0 Å². The number of hydrogen-bond acceptors (Lipinski definition) is 3. The van der Waals surface area contributed by atoms with Crippen LogP contribution in [0.1, 0.15) is 11.1 Å². The summed E-state index contributed by atoms with van der Waals surface area (Å²) in [5, 5.41) is 4.22. The number of rotatable bonds is 5. The van der Waals surface area contributed by atoms with Crippen LogP contribution in [0.25, 0.3) is 5.69 Å². The zero-order valence-electron chi connectivity index (χ0n) is 13.9. The summed E-state index contributed by atoms with van der Waals surface area (Å²) < 4.78 is 14.5. The molecule has 2 aromatic carbocycles. The average molecular weight is 352 g/mol. The number of aromatic nitrogens is 2. The number of amides is 2. The highest BCUT2D eigenvalue weighted by Gasteiger charge is 2.09. The summed E-state index contributed by atoms with van der Waals surface area (Å²) in [5.41, 5.74) is 6.98. The number of halogens is 1. The van der Waals surface area contributed by atoms with E-state index in [1.54, 1.807) is 17.1 Å². The van der Waals surface area contributed by atoms with E-state index in [2.05, 4.69) is 16.0 Å². The third-order valence-corrected chi connectivity index (χ3v) is 3.64. The van der Waals surface area contributed by atoms with Gasteiger partial charge in [-0.15, -0.1) is 0 Å². The highest BCUT2D eigenvalue weighted by molar-refractivity contribution is 5.84. The fraction of sp³-hybridized carbons (Fsp3) is 0.105. The molecule has 0 bridgehead atoms. The number of hydrazine groups is 1. The van der Waals surface area contributed by atoms with Gasteiger partial charge in [0.1, 0.15) is 5.82 Å². The lowest BCUT2D eigenvalue weighted by Gasteiger charge is -2.07. The molecule has 1 heterocycles. The number of nitrogens with zero attached hydrogens (tertiary/aromatic N) is 2. The van der Waals surface area contributed by atoms with Crippen molar-refractivity contribution in [3.05, 3.63) is 83.9 Å². The van der Waals surface area contributed by atoms with E-state index in [1.165, 1.54) is 24.3 Å². The summed E-state index contributed by atoms with van der Waals surface area (Å²) >= 11 is 0. The Morgan fingerprint density at radius 2 is 1.50 bits per heavy atom. The summed E-state index contributed by atoms with van der Waals surface area (Å²) in [4.78, 5) is 23.8. The van der Waals surface area contributed by atoms with Gasteiger partial charge < -0.3 is 0 Å². The molecule has 0 aliphatic rings. The van der Waals surface area contributed by atoms with Gasteiger partial charge >= 0.3 is 0 Å². The monoisotopic (exact) mass is 352 g/mol. The minimum Gasteiger partial charge on any atom is -0.273 e. The Kier molecular flexibility index (Phi) is 5.38. The zero-order chi connectivity index (χ0) is 18.4. The number of para-hydroxylation sites is 1. The number of benzene rings is 2. The molecule has 2 N–H and O–H groups in total. The first-order valence-electron chi connectivity index (χ1n) is 8.01. The lowest BCUT2D eigenvalue weighted by atomic mass is 10.1. The van der Waals surface area contributed by atoms with Crippen LogP contribution in [0.4, 0.5) is 4.39 Å². The van der Waals surface area contributed by atoms with Crippen LogP contribution < -0.4 is 10.9 Å². The predicted octanol–water partition coefficient (Wildman–Crippen LogP) is 1.94. The Morgan fingerprint density at radius 3 is 2.15 bits per heavy atom. The molecule has 3 aromatic rings. The Bertz CT molecular complexity index is 891. The molecular formula is C19H17FN4O2. The van der Waals surface area contributed by atoms with Crippen LogP contribution in [0.3, 0.4) is 0 Å². The van der Waals surface area contributed by atoms with Gasteiger partial charge in [0.2, 0.25) is 11.8 Å². The van der Waals surface area contributed by atoms with Crippen molar-refractivity contribution in [2.24, 2.45) is 0 Å². The number of nitrogens with one attached hydrogen (secondary N) is 2. The molecule has 0 aliphatic heterocycles. The van der Waals surface area contributed by atoms with Crippen molar-refractivity contribution >= 4 is 11.8 Å². The fourth-order valence-corrected chi connectivity index (χ4v) is 2.37. The van der Waals surface area contributed by atoms with E-state index in [0.29, 0.717) is 5.56 Å². The molecular weight excluding hydrogens is 335 g/mol. The molecule has 0 unspecified atom stereocenters. The van der Waals surface area contributed by atoms with E-state index in [-0.39, 0.29) is 30.5 Å². The fourth-order valence-electron chi connectivity index (χ4n) is 2.37. The van der Waals surface area contributed by atoms with Crippen LogP contribution in [-0.4, -0.2) is 21.6 Å². The second kappa shape index (κ2) is 8.06. The van der Waals surface area contributed by atoms with Gasteiger partial charge in [-0.2, -0.15) is 5.10 Å². The number of hydrogen-bond donors (Lipinski definition) is 2. The van der Waals surface area contributed by atoms with Crippen LogP contribution in [0.2, 0.25) is 0 Å². The third-order valence-electron chi connectivity index (χ3n) is 3.64. The van der Waals surface area contributed by atoms with Crippen LogP contribution in [-0.2, 0) is 22.4 Å². The molecule has 2 amide bonds. The first kappa shape index (κ1) is 17.3. The van der Waals surface area contributed by atoms with E-state index in [1.807, 2.05) is 30.3 Å². The molecule has 0 fully saturated rings. The first-order valence-corrected chi connectivity index (χ1v) is 8.01. The summed E-state index contributed by atoms with van der Waals surface area (Å²) in [6.07, 6.45) is 3.50. The molecule has 26 heavy (non-hydrogen) atoms. The van der Waals surface area contributed by atoms with Gasteiger partial charge in [-0.25, -0.2) is 9.07 Å². The van der Waals surface area contributed by atoms with Crippen molar-refractivity contribution in [3.63, 3.8) is 0 Å². The summed E-state index contributed by atoms with van der Waals surface area (Å²) in [6.45, 7) is 0. The molecule has 0 atom stereocenters. The quantitative estimate of drug-likeness (QED) is 0.689. The first-order chi connectivity index (χ1) is 12.6. The topological polar surface area (TPSA) is 76.0 Å². The molecule has 7 heteroatoms. The minimum atomic E-state index is -0.384. The SMILES string of the molecule is O=C(Cc1ccc(F)cc1)NNC(=O)Cc1cnn(-c2ccccc2)c1. The molecule has 132 valence electrons. The van der Waals surface area contributed by atoms with Gasteiger partial charge in [-0.1, -0.05) is 30.3 Å².